The Bertz CT molecular complexity index is 663. The topological polar surface area (TPSA) is 57.2 Å². The predicted molar refractivity (Wildman–Crippen MR) is 61.4 cm³/mol. The summed E-state index contributed by atoms with van der Waals surface area (Å²) in [4.78, 5) is -0.135. The molecule has 0 aromatic heterocycles. The number of hydrogen-bond donors (Lipinski definition) is 0. The Morgan fingerprint density at radius 2 is 1.65 bits per heavy atom. The molecule has 0 aliphatic carbocycles. The average Bonchev–Trinajstić information content (AvgIpc) is 2.14. The molecule has 2 rings (SSSR count). The molecule has 0 N–H and O–H groups in total. The van der Waals surface area contributed by atoms with Gasteiger partial charge < -0.3 is 4.55 Å². The molecule has 2 aromatic carbocycles. The minimum absolute atomic E-state index is 0. The SMILES string of the molecule is Cc1ccc2cc(S(=O)(=O)[O-])c(C)cc2c1.[Na+]. The van der Waals surface area contributed by atoms with Gasteiger partial charge in [0.1, 0.15) is 10.1 Å². The summed E-state index contributed by atoms with van der Waals surface area (Å²) in [7, 11) is -4.39. The number of hydrogen-bond acceptors (Lipinski definition) is 3. The van der Waals surface area contributed by atoms with Crippen LogP contribution in [0.1, 0.15) is 11.1 Å². The van der Waals surface area contributed by atoms with Gasteiger partial charge in [-0.05, 0) is 36.2 Å². The molecule has 0 aliphatic rings. The van der Waals surface area contributed by atoms with Gasteiger partial charge in [0.25, 0.3) is 0 Å². The Morgan fingerprint density at radius 1 is 1.00 bits per heavy atom. The van der Waals surface area contributed by atoms with E-state index >= 15 is 0 Å². The summed E-state index contributed by atoms with van der Waals surface area (Å²) in [6.45, 7) is 3.60. The van der Waals surface area contributed by atoms with E-state index in [1.807, 2.05) is 25.1 Å². The molecular formula is C12H11NaO3S. The first-order valence-corrected chi connectivity index (χ1v) is 6.26. The summed E-state index contributed by atoms with van der Waals surface area (Å²) in [5.74, 6) is 0. The van der Waals surface area contributed by atoms with Crippen LogP contribution in [0.3, 0.4) is 0 Å². The maximum atomic E-state index is 11.0. The first-order valence-electron chi connectivity index (χ1n) is 4.85. The van der Waals surface area contributed by atoms with E-state index in [4.69, 9.17) is 0 Å². The van der Waals surface area contributed by atoms with Crippen molar-refractivity contribution in [2.24, 2.45) is 0 Å². The van der Waals surface area contributed by atoms with E-state index in [0.29, 0.717) is 5.56 Å². The summed E-state index contributed by atoms with van der Waals surface area (Å²) in [6.07, 6.45) is 0. The summed E-state index contributed by atoms with van der Waals surface area (Å²) >= 11 is 0. The van der Waals surface area contributed by atoms with Crippen molar-refractivity contribution < 1.29 is 42.5 Å². The zero-order valence-corrected chi connectivity index (χ0v) is 12.8. The van der Waals surface area contributed by atoms with Gasteiger partial charge in [0.15, 0.2) is 0 Å². The fraction of sp³-hybridized carbons (Fsp3) is 0.167. The van der Waals surface area contributed by atoms with Gasteiger partial charge in [-0.2, -0.15) is 0 Å². The van der Waals surface area contributed by atoms with Crippen molar-refractivity contribution in [2.45, 2.75) is 18.7 Å². The quantitative estimate of drug-likeness (QED) is 0.505. The first-order chi connectivity index (χ1) is 7.38. The molecule has 0 atom stereocenters. The molecule has 0 spiro atoms. The largest absolute Gasteiger partial charge is 1.00 e. The fourth-order valence-electron chi connectivity index (χ4n) is 1.78. The van der Waals surface area contributed by atoms with E-state index in [2.05, 4.69) is 0 Å². The van der Waals surface area contributed by atoms with Crippen molar-refractivity contribution in [1.29, 1.82) is 0 Å². The van der Waals surface area contributed by atoms with Crippen LogP contribution in [0.15, 0.2) is 35.2 Å². The normalized spacial score (nSPS) is 11.2. The molecule has 0 amide bonds. The van der Waals surface area contributed by atoms with Crippen LogP contribution in [0, 0.1) is 13.8 Å². The third-order valence-corrected chi connectivity index (χ3v) is 3.54. The van der Waals surface area contributed by atoms with E-state index in [9.17, 15) is 13.0 Å². The number of fused-ring (bicyclic) bond motifs is 1. The Kier molecular flexibility index (Phi) is 4.38. The number of benzene rings is 2. The second kappa shape index (κ2) is 5.08. The molecule has 0 unspecified atom stereocenters. The molecule has 17 heavy (non-hydrogen) atoms. The number of aryl methyl sites for hydroxylation is 2. The minimum Gasteiger partial charge on any atom is -0.744 e. The van der Waals surface area contributed by atoms with Crippen LogP contribution in [-0.2, 0) is 10.1 Å². The molecule has 0 radical (unpaired) electrons. The van der Waals surface area contributed by atoms with Gasteiger partial charge in [-0.15, -0.1) is 0 Å². The third-order valence-electron chi connectivity index (χ3n) is 2.56. The molecule has 0 saturated carbocycles. The molecule has 0 saturated heterocycles. The molecule has 5 heteroatoms. The Morgan fingerprint density at radius 3 is 2.24 bits per heavy atom. The maximum Gasteiger partial charge on any atom is 1.00 e. The fourth-order valence-corrected chi connectivity index (χ4v) is 2.50. The van der Waals surface area contributed by atoms with Crippen LogP contribution in [0.4, 0.5) is 0 Å². The van der Waals surface area contributed by atoms with E-state index < -0.39 is 10.1 Å². The number of rotatable bonds is 1. The molecule has 3 nitrogen and oxygen atoms in total. The second-order valence-electron chi connectivity index (χ2n) is 3.92. The van der Waals surface area contributed by atoms with Gasteiger partial charge in [-0.1, -0.05) is 29.8 Å². The summed E-state index contributed by atoms with van der Waals surface area (Å²) < 4.78 is 33.0. The smallest absolute Gasteiger partial charge is 0.744 e. The van der Waals surface area contributed by atoms with Gasteiger partial charge in [0, 0.05) is 0 Å². The molecule has 0 aliphatic heterocycles. The maximum absolute atomic E-state index is 11.0. The van der Waals surface area contributed by atoms with E-state index in [0.717, 1.165) is 16.3 Å². The van der Waals surface area contributed by atoms with Gasteiger partial charge in [-0.25, -0.2) is 8.42 Å². The van der Waals surface area contributed by atoms with Crippen molar-refractivity contribution in [3.63, 3.8) is 0 Å². The van der Waals surface area contributed by atoms with Crippen molar-refractivity contribution >= 4 is 20.9 Å². The Labute approximate surface area is 123 Å². The third kappa shape index (κ3) is 3.09. The van der Waals surface area contributed by atoms with Gasteiger partial charge >= 0.3 is 29.6 Å². The zero-order chi connectivity index (χ0) is 11.9. The van der Waals surface area contributed by atoms with E-state index in [-0.39, 0.29) is 34.5 Å². The van der Waals surface area contributed by atoms with Crippen LogP contribution < -0.4 is 29.6 Å². The van der Waals surface area contributed by atoms with E-state index in [1.54, 1.807) is 13.0 Å². The summed E-state index contributed by atoms with van der Waals surface area (Å²) in [5.41, 5.74) is 1.60. The van der Waals surface area contributed by atoms with Crippen LogP contribution in [0.5, 0.6) is 0 Å². The zero-order valence-electron chi connectivity index (χ0n) is 10.0. The Hall–Kier alpha value is -0.390. The van der Waals surface area contributed by atoms with Crippen molar-refractivity contribution in [2.75, 3.05) is 0 Å². The van der Waals surface area contributed by atoms with Gasteiger partial charge in [0.2, 0.25) is 0 Å². The van der Waals surface area contributed by atoms with Crippen LogP contribution >= 0.6 is 0 Å². The monoisotopic (exact) mass is 258 g/mol. The van der Waals surface area contributed by atoms with Crippen LogP contribution in [0.2, 0.25) is 0 Å². The van der Waals surface area contributed by atoms with Crippen molar-refractivity contribution in [3.05, 3.63) is 41.5 Å². The van der Waals surface area contributed by atoms with Crippen LogP contribution in [-0.4, -0.2) is 13.0 Å². The standard InChI is InChI=1S/C12H12O3S.Na/c1-8-3-4-10-7-12(16(13,14)15)9(2)6-11(10)5-8;/h3-7H,1-2H3,(H,13,14,15);/q;+1/p-1. The molecule has 2 aromatic rings. The van der Waals surface area contributed by atoms with E-state index in [1.165, 1.54) is 6.07 Å². The Balaban J connectivity index is 0.00000144. The van der Waals surface area contributed by atoms with Gasteiger partial charge in [0.05, 0.1) is 4.90 Å². The van der Waals surface area contributed by atoms with Crippen molar-refractivity contribution in [1.82, 2.24) is 0 Å². The minimum atomic E-state index is -4.39. The molecule has 0 heterocycles. The van der Waals surface area contributed by atoms with Crippen molar-refractivity contribution in [3.8, 4) is 0 Å². The molecule has 84 valence electrons. The second-order valence-corrected chi connectivity index (χ2v) is 5.27. The summed E-state index contributed by atoms with van der Waals surface area (Å²) in [6, 6.07) is 8.83. The average molecular weight is 258 g/mol. The van der Waals surface area contributed by atoms with Crippen LogP contribution in [0.25, 0.3) is 10.8 Å². The van der Waals surface area contributed by atoms with Gasteiger partial charge in [-0.3, -0.25) is 0 Å². The molecule has 0 fully saturated rings. The predicted octanol–water partition coefficient (Wildman–Crippen LogP) is -0.635. The first kappa shape index (κ1) is 14.7. The molecular weight excluding hydrogens is 247 g/mol. The molecule has 0 bridgehead atoms. The summed E-state index contributed by atoms with van der Waals surface area (Å²) in [5, 5.41) is 1.72.